The lowest BCUT2D eigenvalue weighted by atomic mass is 9.85. The zero-order valence-corrected chi connectivity index (χ0v) is 36.3. The zero-order valence-electron chi connectivity index (χ0n) is 35.4. The van der Waals surface area contributed by atoms with E-state index in [-0.39, 0.29) is 6.42 Å². The molecule has 1 fully saturated rings. The molecule has 1 amide bonds. The Hall–Kier alpha value is -1.74. The number of aliphatic hydroxyl groups is 7. The molecule has 0 aliphatic heterocycles. The van der Waals surface area contributed by atoms with Crippen LogP contribution in [0.15, 0.2) is 48.6 Å². The van der Waals surface area contributed by atoms with E-state index in [0.29, 0.717) is 19.3 Å². The van der Waals surface area contributed by atoms with Gasteiger partial charge in [-0.3, -0.25) is 13.8 Å². The second-order valence-electron chi connectivity index (χ2n) is 15.7. The minimum Gasteiger partial charge on any atom is -0.393 e. The Morgan fingerprint density at radius 1 is 0.603 bits per heavy atom. The molecule has 58 heavy (non-hydrogen) atoms. The number of hydrogen-bond acceptors (Lipinski definition) is 11. The van der Waals surface area contributed by atoms with Crippen LogP contribution in [0.3, 0.4) is 0 Å². The number of amides is 1. The van der Waals surface area contributed by atoms with Crippen molar-refractivity contribution in [2.24, 2.45) is 0 Å². The van der Waals surface area contributed by atoms with Gasteiger partial charge < -0.3 is 46.0 Å². The zero-order chi connectivity index (χ0) is 43.0. The van der Waals surface area contributed by atoms with Gasteiger partial charge in [-0.15, -0.1) is 0 Å². The van der Waals surface area contributed by atoms with Crippen molar-refractivity contribution in [1.29, 1.82) is 0 Å². The Labute approximate surface area is 349 Å². The maximum absolute atomic E-state index is 13.0. The van der Waals surface area contributed by atoms with Gasteiger partial charge >= 0.3 is 7.82 Å². The summed E-state index contributed by atoms with van der Waals surface area (Å²) in [6, 6.07) is -1.26. The first-order chi connectivity index (χ1) is 27.8. The Balaban J connectivity index is 2.56. The van der Waals surface area contributed by atoms with Crippen molar-refractivity contribution < 1.29 is 59.0 Å². The maximum atomic E-state index is 13.0. The van der Waals surface area contributed by atoms with Gasteiger partial charge in [0.25, 0.3) is 0 Å². The van der Waals surface area contributed by atoms with Gasteiger partial charge in [0.15, 0.2) is 0 Å². The molecule has 0 radical (unpaired) electrons. The summed E-state index contributed by atoms with van der Waals surface area (Å²) in [6.07, 6.45) is 25.1. The van der Waals surface area contributed by atoms with Gasteiger partial charge in [0, 0.05) is 0 Å². The lowest BCUT2D eigenvalue weighted by molar-refractivity contribution is -0.220. The Bertz CT molecular complexity index is 1180. The van der Waals surface area contributed by atoms with Crippen molar-refractivity contribution in [2.45, 2.75) is 216 Å². The monoisotopic (exact) mass is 846 g/mol. The number of nitrogens with one attached hydrogen (secondary N) is 1. The normalized spacial score (nSPS) is 24.2. The first-order valence-electron chi connectivity index (χ1n) is 22.2. The summed E-state index contributed by atoms with van der Waals surface area (Å²) in [6.45, 7) is 3.62. The number of phosphoric acid groups is 1. The molecule has 338 valence electrons. The van der Waals surface area contributed by atoms with E-state index in [2.05, 4.69) is 49.5 Å². The lowest BCUT2D eigenvalue weighted by Gasteiger charge is -2.41. The van der Waals surface area contributed by atoms with Crippen molar-refractivity contribution in [2.75, 3.05) is 6.61 Å². The molecule has 1 rings (SSSR count). The van der Waals surface area contributed by atoms with Gasteiger partial charge in [-0.25, -0.2) is 4.57 Å². The lowest BCUT2D eigenvalue weighted by Crippen LogP contribution is -2.64. The Kier molecular flexibility index (Phi) is 31.7. The van der Waals surface area contributed by atoms with Crippen LogP contribution in [-0.4, -0.2) is 108 Å². The summed E-state index contributed by atoms with van der Waals surface area (Å²) in [5.41, 5.74) is 0. The van der Waals surface area contributed by atoms with Crippen molar-refractivity contribution in [3.05, 3.63) is 48.6 Å². The molecule has 8 atom stereocenters. The molecule has 0 aromatic rings. The van der Waals surface area contributed by atoms with Crippen molar-refractivity contribution >= 4 is 13.7 Å². The van der Waals surface area contributed by atoms with E-state index >= 15 is 0 Å². The molecular weight excluding hydrogens is 765 g/mol. The van der Waals surface area contributed by atoms with Crippen molar-refractivity contribution in [3.63, 3.8) is 0 Å². The van der Waals surface area contributed by atoms with Crippen molar-refractivity contribution in [3.8, 4) is 0 Å². The van der Waals surface area contributed by atoms with Gasteiger partial charge in [0.05, 0.1) is 31.3 Å². The molecule has 0 saturated heterocycles. The van der Waals surface area contributed by atoms with E-state index < -0.39 is 75.2 Å². The number of aliphatic hydroxyl groups excluding tert-OH is 7. The average Bonchev–Trinajstić information content (AvgIpc) is 3.19. The number of rotatable bonds is 35. The molecule has 0 heterocycles. The highest BCUT2D eigenvalue weighted by molar-refractivity contribution is 7.47. The second kappa shape index (κ2) is 33.9. The summed E-state index contributed by atoms with van der Waals surface area (Å²) >= 11 is 0. The molecule has 0 aromatic heterocycles. The standard InChI is InChI=1S/C44H80NO12P/c1-3-5-7-9-11-13-15-16-17-18-19-20-22-23-25-27-29-31-35(46)33-38(48)45-36(37(47)32-30-28-26-24-21-14-12-10-8-6-4-2)34-56-58(54,55)57-44-42(52)40(50)39(49)41(51)43(44)53/h8,10,18-19,21,24,30,32,35-37,39-44,46-47,49-53H,3-7,9,11-17,20,22-23,25-29,31,33-34H2,1-2H3,(H,45,48)(H,54,55)/b10-8+,19-18-,24-21+,32-30+. The highest BCUT2D eigenvalue weighted by Gasteiger charge is 2.51. The van der Waals surface area contributed by atoms with Crippen LogP contribution in [-0.2, 0) is 18.4 Å². The van der Waals surface area contributed by atoms with Crippen LogP contribution in [0.1, 0.15) is 162 Å². The first-order valence-corrected chi connectivity index (χ1v) is 23.7. The molecule has 0 aromatic carbocycles. The highest BCUT2D eigenvalue weighted by atomic mass is 31.2. The van der Waals surface area contributed by atoms with Gasteiger partial charge in [-0.1, -0.05) is 140 Å². The van der Waals surface area contributed by atoms with Crippen LogP contribution in [0.5, 0.6) is 0 Å². The smallest absolute Gasteiger partial charge is 0.393 e. The largest absolute Gasteiger partial charge is 0.472 e. The number of unbranched alkanes of at least 4 members (excludes halogenated alkanes) is 16. The van der Waals surface area contributed by atoms with Gasteiger partial charge in [0.1, 0.15) is 36.6 Å². The highest BCUT2D eigenvalue weighted by Crippen LogP contribution is 2.47. The van der Waals surface area contributed by atoms with Crippen LogP contribution in [0, 0.1) is 0 Å². The Morgan fingerprint density at radius 3 is 1.59 bits per heavy atom. The number of hydrogen-bond donors (Lipinski definition) is 9. The molecule has 8 unspecified atom stereocenters. The molecule has 0 bridgehead atoms. The fourth-order valence-electron chi connectivity index (χ4n) is 6.68. The molecule has 1 aliphatic rings. The number of carbonyl (C=O) groups excluding carboxylic acids is 1. The Morgan fingerprint density at radius 2 is 1.05 bits per heavy atom. The molecule has 1 saturated carbocycles. The van der Waals surface area contributed by atoms with E-state index in [1.807, 2.05) is 6.08 Å². The van der Waals surface area contributed by atoms with E-state index in [4.69, 9.17) is 9.05 Å². The molecular formula is C44H80NO12P. The van der Waals surface area contributed by atoms with E-state index in [1.165, 1.54) is 57.4 Å². The summed E-state index contributed by atoms with van der Waals surface area (Å²) in [4.78, 5) is 23.3. The molecule has 0 spiro atoms. The van der Waals surface area contributed by atoms with E-state index in [1.54, 1.807) is 6.08 Å². The van der Waals surface area contributed by atoms with Gasteiger partial charge in [-0.05, 0) is 64.2 Å². The fourth-order valence-corrected chi connectivity index (χ4v) is 7.65. The third-order valence-corrected chi connectivity index (χ3v) is 11.3. The molecule has 14 heteroatoms. The van der Waals surface area contributed by atoms with Gasteiger partial charge in [0.2, 0.25) is 5.91 Å². The van der Waals surface area contributed by atoms with E-state index in [9.17, 15) is 50.0 Å². The van der Waals surface area contributed by atoms with Crippen LogP contribution in [0.4, 0.5) is 0 Å². The van der Waals surface area contributed by atoms with Crippen LogP contribution >= 0.6 is 7.82 Å². The average molecular weight is 846 g/mol. The third kappa shape index (κ3) is 25.8. The number of phosphoric ester groups is 1. The molecule has 13 nitrogen and oxygen atoms in total. The predicted octanol–water partition coefficient (Wildman–Crippen LogP) is 6.75. The van der Waals surface area contributed by atoms with Crippen LogP contribution < -0.4 is 5.32 Å². The fraction of sp³-hybridized carbons (Fsp3) is 0.795. The topological polar surface area (TPSA) is 226 Å². The summed E-state index contributed by atoms with van der Waals surface area (Å²) in [7, 11) is -5.15. The molecule has 1 aliphatic carbocycles. The van der Waals surface area contributed by atoms with E-state index in [0.717, 1.165) is 70.6 Å². The summed E-state index contributed by atoms with van der Waals surface area (Å²) < 4.78 is 22.8. The van der Waals surface area contributed by atoms with Gasteiger partial charge in [-0.2, -0.15) is 0 Å². The molecule has 9 N–H and O–H groups in total. The number of carbonyl (C=O) groups is 1. The van der Waals surface area contributed by atoms with Crippen LogP contribution in [0.2, 0.25) is 0 Å². The first kappa shape index (κ1) is 54.3. The summed E-state index contributed by atoms with van der Waals surface area (Å²) in [5.74, 6) is -0.615. The SMILES string of the molecule is CCC/C=C/CC/C=C/CC/C=C/C(O)C(COP(=O)(O)OC1C(O)C(O)C(O)C(O)C1O)NC(=O)CC(O)CCCCCCC/C=C\CCCCCCCCCC. The minimum absolute atomic E-state index is 0.263. The number of allylic oxidation sites excluding steroid dienone is 7. The quantitative estimate of drug-likeness (QED) is 0.0184. The van der Waals surface area contributed by atoms with Crippen LogP contribution in [0.25, 0.3) is 0 Å². The second-order valence-corrected chi connectivity index (χ2v) is 17.1. The summed E-state index contributed by atoms with van der Waals surface area (Å²) in [5, 5.41) is 74.2. The third-order valence-electron chi connectivity index (χ3n) is 10.3. The predicted molar refractivity (Wildman–Crippen MR) is 229 cm³/mol. The van der Waals surface area contributed by atoms with Crippen molar-refractivity contribution in [1.82, 2.24) is 5.32 Å². The minimum atomic E-state index is -5.15. The maximum Gasteiger partial charge on any atom is 0.472 e.